The van der Waals surface area contributed by atoms with Crippen molar-refractivity contribution in [2.24, 2.45) is 0 Å². The van der Waals surface area contributed by atoms with Gasteiger partial charge in [0.25, 0.3) is 11.6 Å². The molecule has 2 rings (SSSR count). The molecule has 132 valence electrons. The number of benzene rings is 2. The third-order valence-corrected chi connectivity index (χ3v) is 3.23. The number of rotatable bonds is 4. The molecule has 0 saturated heterocycles. The zero-order valence-electron chi connectivity index (χ0n) is 12.9. The van der Waals surface area contributed by atoms with Gasteiger partial charge in [0.1, 0.15) is 11.6 Å². The largest absolute Gasteiger partial charge is 0.416 e. The van der Waals surface area contributed by atoms with Gasteiger partial charge in [-0.25, -0.2) is 0 Å². The molecule has 1 N–H and O–H groups in total. The number of nitrogens with zero attached hydrogens (tertiary/aromatic N) is 2. The predicted molar refractivity (Wildman–Crippen MR) is 86.8 cm³/mol. The molecule has 9 heteroatoms. The summed E-state index contributed by atoms with van der Waals surface area (Å²) in [7, 11) is 0. The molecule has 0 heterocycles. The Hall–Kier alpha value is -3.67. The van der Waals surface area contributed by atoms with E-state index in [1.54, 1.807) is 6.07 Å². The monoisotopic (exact) mass is 361 g/mol. The number of anilines is 1. The highest BCUT2D eigenvalue weighted by molar-refractivity contribution is 6.09. The van der Waals surface area contributed by atoms with Crippen molar-refractivity contribution in [2.75, 3.05) is 5.32 Å². The second kappa shape index (κ2) is 7.48. The van der Waals surface area contributed by atoms with E-state index in [9.17, 15) is 28.1 Å². The summed E-state index contributed by atoms with van der Waals surface area (Å²) >= 11 is 0. The Morgan fingerprint density at radius 3 is 2.38 bits per heavy atom. The van der Waals surface area contributed by atoms with Crippen LogP contribution in [0.3, 0.4) is 0 Å². The van der Waals surface area contributed by atoms with Crippen molar-refractivity contribution in [3.63, 3.8) is 0 Å². The van der Waals surface area contributed by atoms with E-state index in [1.165, 1.54) is 36.4 Å². The normalized spacial score (nSPS) is 11.5. The van der Waals surface area contributed by atoms with E-state index in [4.69, 9.17) is 5.26 Å². The average molecular weight is 361 g/mol. The fraction of sp³-hybridized carbons (Fsp3) is 0.0588. The van der Waals surface area contributed by atoms with E-state index in [-0.39, 0.29) is 16.9 Å². The summed E-state index contributed by atoms with van der Waals surface area (Å²) in [5.74, 6) is -0.898. The molecule has 0 unspecified atom stereocenters. The van der Waals surface area contributed by atoms with Crippen LogP contribution in [0.1, 0.15) is 11.1 Å². The Morgan fingerprint density at radius 1 is 1.19 bits per heavy atom. The molecule has 2 aromatic rings. The first-order chi connectivity index (χ1) is 12.2. The lowest BCUT2D eigenvalue weighted by molar-refractivity contribution is -0.384. The van der Waals surface area contributed by atoms with Crippen LogP contribution >= 0.6 is 0 Å². The molecule has 26 heavy (non-hydrogen) atoms. The molecular weight excluding hydrogens is 351 g/mol. The lowest BCUT2D eigenvalue weighted by Gasteiger charge is -2.09. The first-order valence-electron chi connectivity index (χ1n) is 7.05. The number of halogens is 3. The zero-order chi connectivity index (χ0) is 19.3. The molecule has 0 aliphatic rings. The minimum atomic E-state index is -4.56. The summed E-state index contributed by atoms with van der Waals surface area (Å²) in [4.78, 5) is 22.1. The van der Waals surface area contributed by atoms with Crippen molar-refractivity contribution in [3.05, 3.63) is 75.3 Å². The first-order valence-corrected chi connectivity index (χ1v) is 7.05. The van der Waals surface area contributed by atoms with Crippen molar-refractivity contribution in [3.8, 4) is 6.07 Å². The van der Waals surface area contributed by atoms with Gasteiger partial charge >= 0.3 is 6.18 Å². The Labute approximate surface area is 145 Å². The Morgan fingerprint density at radius 2 is 1.85 bits per heavy atom. The van der Waals surface area contributed by atoms with Crippen molar-refractivity contribution in [1.29, 1.82) is 5.26 Å². The van der Waals surface area contributed by atoms with Crippen LogP contribution in [0, 0.1) is 21.4 Å². The summed E-state index contributed by atoms with van der Waals surface area (Å²) in [5.41, 5.74) is -1.22. The third-order valence-electron chi connectivity index (χ3n) is 3.23. The fourth-order valence-corrected chi connectivity index (χ4v) is 1.98. The maximum absolute atomic E-state index is 12.7. The van der Waals surface area contributed by atoms with Gasteiger partial charge in [-0.1, -0.05) is 6.07 Å². The summed E-state index contributed by atoms with van der Waals surface area (Å²) in [6.45, 7) is 0. The van der Waals surface area contributed by atoms with E-state index < -0.39 is 22.6 Å². The molecule has 0 atom stereocenters. The molecule has 0 bridgehead atoms. The number of nitro groups is 1. The van der Waals surface area contributed by atoms with Gasteiger partial charge in [0, 0.05) is 17.8 Å². The number of nitro benzene ring substituents is 1. The molecule has 0 aliphatic heterocycles. The van der Waals surface area contributed by atoms with Crippen LogP contribution in [-0.2, 0) is 11.0 Å². The van der Waals surface area contributed by atoms with E-state index >= 15 is 0 Å². The Bertz CT molecular complexity index is 913. The van der Waals surface area contributed by atoms with Crippen molar-refractivity contribution in [1.82, 2.24) is 0 Å². The minimum Gasteiger partial charge on any atom is -0.321 e. The number of nitriles is 1. The number of alkyl halides is 3. The van der Waals surface area contributed by atoms with Gasteiger partial charge in [0.05, 0.1) is 10.5 Å². The van der Waals surface area contributed by atoms with Gasteiger partial charge in [0.2, 0.25) is 0 Å². The number of hydrogen-bond donors (Lipinski definition) is 1. The number of carbonyl (C=O) groups is 1. The fourth-order valence-electron chi connectivity index (χ4n) is 1.98. The SMILES string of the molecule is N#C/C(=C\c1ccc([N+](=O)[O-])cc1)C(=O)Nc1cccc(C(F)(F)F)c1. The number of amides is 1. The number of non-ortho nitro benzene ring substituents is 1. The topological polar surface area (TPSA) is 96.0 Å². The molecular formula is C17H10F3N3O3. The number of carbonyl (C=O) groups excluding carboxylic acids is 1. The standard InChI is InChI=1S/C17H10F3N3O3/c18-17(19,20)13-2-1-3-14(9-13)22-16(24)12(10-21)8-11-4-6-15(7-5-11)23(25)26/h1-9H,(H,22,24)/b12-8+. The lowest BCUT2D eigenvalue weighted by Crippen LogP contribution is -2.14. The molecule has 0 saturated carbocycles. The molecule has 0 aliphatic carbocycles. The van der Waals surface area contributed by atoms with E-state index in [1.807, 2.05) is 0 Å². The Balaban J connectivity index is 2.21. The predicted octanol–water partition coefficient (Wildman–Crippen LogP) is 4.16. The first kappa shape index (κ1) is 18.7. The van der Waals surface area contributed by atoms with Crippen LogP contribution < -0.4 is 5.32 Å². The van der Waals surface area contributed by atoms with Gasteiger partial charge in [-0.05, 0) is 42.0 Å². The summed E-state index contributed by atoms with van der Waals surface area (Å²) in [6, 6.07) is 10.7. The quantitative estimate of drug-likeness (QED) is 0.383. The summed E-state index contributed by atoms with van der Waals surface area (Å²) < 4.78 is 38.0. The molecule has 0 spiro atoms. The second-order valence-electron chi connectivity index (χ2n) is 5.05. The van der Waals surface area contributed by atoms with Crippen LogP contribution in [-0.4, -0.2) is 10.8 Å². The van der Waals surface area contributed by atoms with Crippen LogP contribution in [0.5, 0.6) is 0 Å². The maximum atomic E-state index is 12.7. The summed E-state index contributed by atoms with van der Waals surface area (Å²) in [6.07, 6.45) is -3.39. The highest BCUT2D eigenvalue weighted by atomic mass is 19.4. The third kappa shape index (κ3) is 4.67. The van der Waals surface area contributed by atoms with E-state index in [2.05, 4.69) is 5.32 Å². The highest BCUT2D eigenvalue weighted by Crippen LogP contribution is 2.30. The van der Waals surface area contributed by atoms with Crippen LogP contribution in [0.2, 0.25) is 0 Å². The van der Waals surface area contributed by atoms with Crippen molar-refractivity contribution in [2.45, 2.75) is 6.18 Å². The molecule has 0 aromatic heterocycles. The van der Waals surface area contributed by atoms with E-state index in [0.29, 0.717) is 5.56 Å². The smallest absolute Gasteiger partial charge is 0.321 e. The van der Waals surface area contributed by atoms with Crippen LogP contribution in [0.25, 0.3) is 6.08 Å². The van der Waals surface area contributed by atoms with Crippen LogP contribution in [0.15, 0.2) is 54.1 Å². The molecule has 0 fully saturated rings. The van der Waals surface area contributed by atoms with Crippen molar-refractivity contribution >= 4 is 23.4 Å². The van der Waals surface area contributed by atoms with Gasteiger partial charge in [-0.3, -0.25) is 14.9 Å². The maximum Gasteiger partial charge on any atom is 0.416 e. The molecule has 2 aromatic carbocycles. The average Bonchev–Trinajstić information content (AvgIpc) is 2.59. The molecule has 0 radical (unpaired) electrons. The minimum absolute atomic E-state index is 0.116. The van der Waals surface area contributed by atoms with Gasteiger partial charge in [0.15, 0.2) is 0 Å². The number of hydrogen-bond acceptors (Lipinski definition) is 4. The van der Waals surface area contributed by atoms with Crippen LogP contribution in [0.4, 0.5) is 24.5 Å². The second-order valence-corrected chi connectivity index (χ2v) is 5.05. The zero-order valence-corrected chi connectivity index (χ0v) is 12.9. The van der Waals surface area contributed by atoms with Crippen molar-refractivity contribution < 1.29 is 22.9 Å². The van der Waals surface area contributed by atoms with E-state index in [0.717, 1.165) is 18.2 Å². The number of nitrogens with one attached hydrogen (secondary N) is 1. The highest BCUT2D eigenvalue weighted by Gasteiger charge is 2.30. The van der Waals surface area contributed by atoms with Gasteiger partial charge in [-0.2, -0.15) is 18.4 Å². The summed E-state index contributed by atoms with van der Waals surface area (Å²) in [5, 5.41) is 21.9. The van der Waals surface area contributed by atoms with Gasteiger partial charge < -0.3 is 5.32 Å². The van der Waals surface area contributed by atoms with Gasteiger partial charge in [-0.15, -0.1) is 0 Å². The Kier molecular flexibility index (Phi) is 5.37. The lowest BCUT2D eigenvalue weighted by atomic mass is 10.1. The molecule has 1 amide bonds. The molecule has 6 nitrogen and oxygen atoms in total.